The van der Waals surface area contributed by atoms with Crippen molar-refractivity contribution < 1.29 is 4.79 Å². The van der Waals surface area contributed by atoms with Crippen LogP contribution in [0, 0.1) is 0 Å². The number of piperidine rings is 1. The monoisotopic (exact) mass is 269 g/mol. The number of amides is 1. The zero-order chi connectivity index (χ0) is 13.9. The lowest BCUT2D eigenvalue weighted by atomic mass is 9.93. The van der Waals surface area contributed by atoms with Gasteiger partial charge in [-0.25, -0.2) is 0 Å². The smallest absolute Gasteiger partial charge is 0.230 e. The van der Waals surface area contributed by atoms with E-state index >= 15 is 0 Å². The Morgan fingerprint density at radius 3 is 2.20 bits per heavy atom. The molecule has 20 heavy (non-hydrogen) atoms. The van der Waals surface area contributed by atoms with Crippen LogP contribution in [-0.4, -0.2) is 23.9 Å². The van der Waals surface area contributed by atoms with Crippen molar-refractivity contribution in [2.75, 3.05) is 13.1 Å². The van der Waals surface area contributed by atoms with Gasteiger partial charge in [0, 0.05) is 13.1 Å². The van der Waals surface area contributed by atoms with E-state index in [1.165, 1.54) is 12.8 Å². The van der Waals surface area contributed by atoms with Gasteiger partial charge in [-0.3, -0.25) is 4.79 Å². The zero-order valence-electron chi connectivity index (χ0n) is 12.3. The van der Waals surface area contributed by atoms with Gasteiger partial charge < -0.3 is 4.90 Å². The van der Waals surface area contributed by atoms with Gasteiger partial charge in [0.25, 0.3) is 0 Å². The number of carbonyl (C=O) groups is 1. The molecule has 1 aromatic rings. The summed E-state index contributed by atoms with van der Waals surface area (Å²) in [5, 5.41) is 0. The minimum Gasteiger partial charge on any atom is -0.342 e. The number of rotatable bonds is 3. The second-order valence-electron chi connectivity index (χ2n) is 5.90. The van der Waals surface area contributed by atoms with Crippen LogP contribution in [0.3, 0.4) is 0 Å². The van der Waals surface area contributed by atoms with E-state index in [-0.39, 0.29) is 5.92 Å². The van der Waals surface area contributed by atoms with Crippen molar-refractivity contribution in [3.8, 4) is 0 Å². The van der Waals surface area contributed by atoms with Crippen molar-refractivity contribution in [1.82, 2.24) is 4.90 Å². The second-order valence-corrected chi connectivity index (χ2v) is 5.90. The van der Waals surface area contributed by atoms with Crippen LogP contribution in [0.2, 0.25) is 0 Å². The fourth-order valence-electron chi connectivity index (χ4n) is 3.23. The van der Waals surface area contributed by atoms with E-state index in [0.29, 0.717) is 5.91 Å². The molecule has 1 aliphatic heterocycles. The SMILES string of the molecule is CC[C@@H](C(=O)N1CCC(=C2CC2)CC1)c1ccccc1. The molecule has 2 fully saturated rings. The van der Waals surface area contributed by atoms with Gasteiger partial charge in [-0.15, -0.1) is 0 Å². The number of hydrogen-bond acceptors (Lipinski definition) is 1. The van der Waals surface area contributed by atoms with Gasteiger partial charge >= 0.3 is 0 Å². The first-order valence-electron chi connectivity index (χ1n) is 7.83. The quantitative estimate of drug-likeness (QED) is 0.762. The van der Waals surface area contributed by atoms with Crippen LogP contribution in [0.25, 0.3) is 0 Å². The molecule has 0 radical (unpaired) electrons. The largest absolute Gasteiger partial charge is 0.342 e. The Labute approximate surface area is 121 Å². The van der Waals surface area contributed by atoms with E-state index in [1.54, 1.807) is 11.1 Å². The summed E-state index contributed by atoms with van der Waals surface area (Å²) in [6.07, 6.45) is 5.71. The molecule has 1 aliphatic carbocycles. The van der Waals surface area contributed by atoms with Gasteiger partial charge in [0.05, 0.1) is 5.92 Å². The first-order chi connectivity index (χ1) is 9.79. The highest BCUT2D eigenvalue weighted by Crippen LogP contribution is 2.36. The first kappa shape index (κ1) is 13.4. The number of likely N-dealkylation sites (tertiary alicyclic amines) is 1. The van der Waals surface area contributed by atoms with E-state index < -0.39 is 0 Å². The molecule has 3 rings (SSSR count). The molecule has 0 aromatic heterocycles. The number of nitrogens with zero attached hydrogens (tertiary/aromatic N) is 1. The minimum absolute atomic E-state index is 0.0336. The summed E-state index contributed by atoms with van der Waals surface area (Å²) in [6, 6.07) is 10.2. The number of benzene rings is 1. The summed E-state index contributed by atoms with van der Waals surface area (Å²) in [5.41, 5.74) is 4.47. The van der Waals surface area contributed by atoms with Crippen molar-refractivity contribution >= 4 is 5.91 Å². The summed E-state index contributed by atoms with van der Waals surface area (Å²) in [6.45, 7) is 3.94. The Bertz CT molecular complexity index is 501. The minimum atomic E-state index is 0.0336. The van der Waals surface area contributed by atoms with Crippen LogP contribution in [0.4, 0.5) is 0 Å². The Balaban J connectivity index is 1.67. The maximum atomic E-state index is 12.7. The van der Waals surface area contributed by atoms with E-state index in [9.17, 15) is 4.79 Å². The molecule has 1 saturated heterocycles. The van der Waals surface area contributed by atoms with Crippen molar-refractivity contribution in [3.63, 3.8) is 0 Å². The Kier molecular flexibility index (Phi) is 3.90. The molecule has 0 spiro atoms. The van der Waals surface area contributed by atoms with E-state index in [4.69, 9.17) is 0 Å². The number of hydrogen-bond donors (Lipinski definition) is 0. The van der Waals surface area contributed by atoms with E-state index in [0.717, 1.165) is 37.9 Å². The lowest BCUT2D eigenvalue weighted by Crippen LogP contribution is -2.39. The van der Waals surface area contributed by atoms with Crippen LogP contribution in [-0.2, 0) is 4.79 Å². The average molecular weight is 269 g/mol. The molecular formula is C18H23NO. The van der Waals surface area contributed by atoms with E-state index in [1.807, 2.05) is 18.2 Å². The molecule has 0 bridgehead atoms. The second kappa shape index (κ2) is 5.82. The summed E-state index contributed by atoms with van der Waals surface area (Å²) in [7, 11) is 0. The standard InChI is InChI=1S/C18H23NO/c1-2-17(16-6-4-3-5-7-16)18(20)19-12-10-15(11-13-19)14-8-9-14/h3-7,17H,2,8-13H2,1H3/t17-/m1/s1. The van der Waals surface area contributed by atoms with Crippen molar-refractivity contribution in [1.29, 1.82) is 0 Å². The molecule has 1 heterocycles. The molecule has 1 amide bonds. The highest BCUT2D eigenvalue weighted by molar-refractivity contribution is 5.83. The third-order valence-corrected chi connectivity index (χ3v) is 4.59. The predicted molar refractivity (Wildman–Crippen MR) is 81.5 cm³/mol. The highest BCUT2D eigenvalue weighted by Gasteiger charge is 2.28. The molecule has 2 heteroatoms. The molecule has 0 unspecified atom stereocenters. The maximum Gasteiger partial charge on any atom is 0.230 e. The Morgan fingerprint density at radius 2 is 1.65 bits per heavy atom. The average Bonchev–Trinajstić information content (AvgIpc) is 3.34. The molecule has 1 atom stereocenters. The number of allylic oxidation sites excluding steroid dienone is 1. The van der Waals surface area contributed by atoms with Crippen molar-refractivity contribution in [2.45, 2.75) is 44.9 Å². The lowest BCUT2D eigenvalue weighted by Gasteiger charge is -2.31. The maximum absolute atomic E-state index is 12.7. The number of carbonyl (C=O) groups excluding carboxylic acids is 1. The highest BCUT2D eigenvalue weighted by atomic mass is 16.2. The summed E-state index contributed by atoms with van der Waals surface area (Å²) in [5.74, 6) is 0.352. The van der Waals surface area contributed by atoms with Crippen LogP contribution in [0.15, 0.2) is 41.5 Å². The Morgan fingerprint density at radius 1 is 1.05 bits per heavy atom. The van der Waals surface area contributed by atoms with Gasteiger partial charge in [0.1, 0.15) is 0 Å². The molecule has 2 aliphatic rings. The third-order valence-electron chi connectivity index (χ3n) is 4.59. The van der Waals surface area contributed by atoms with Gasteiger partial charge in [0.2, 0.25) is 5.91 Å². The molecular weight excluding hydrogens is 246 g/mol. The molecule has 106 valence electrons. The molecule has 0 N–H and O–H groups in total. The third kappa shape index (κ3) is 2.79. The van der Waals surface area contributed by atoms with E-state index in [2.05, 4.69) is 24.0 Å². The van der Waals surface area contributed by atoms with Gasteiger partial charge in [0.15, 0.2) is 0 Å². The summed E-state index contributed by atoms with van der Waals surface area (Å²) < 4.78 is 0. The van der Waals surface area contributed by atoms with Gasteiger partial charge in [-0.1, -0.05) is 48.4 Å². The Hall–Kier alpha value is -1.57. The molecule has 1 aromatic carbocycles. The molecule has 2 nitrogen and oxygen atoms in total. The zero-order valence-corrected chi connectivity index (χ0v) is 12.3. The van der Waals surface area contributed by atoms with Crippen LogP contribution in [0.1, 0.15) is 50.5 Å². The van der Waals surface area contributed by atoms with Crippen LogP contribution >= 0.6 is 0 Å². The van der Waals surface area contributed by atoms with Gasteiger partial charge in [-0.2, -0.15) is 0 Å². The summed E-state index contributed by atoms with van der Waals surface area (Å²) >= 11 is 0. The lowest BCUT2D eigenvalue weighted by molar-refractivity contribution is -0.133. The normalized spacial score (nSPS) is 19.9. The van der Waals surface area contributed by atoms with Crippen LogP contribution < -0.4 is 0 Å². The van der Waals surface area contributed by atoms with Crippen molar-refractivity contribution in [3.05, 3.63) is 47.0 Å². The van der Waals surface area contributed by atoms with Gasteiger partial charge in [-0.05, 0) is 37.7 Å². The first-order valence-corrected chi connectivity index (χ1v) is 7.83. The fraction of sp³-hybridized carbons (Fsp3) is 0.500. The summed E-state index contributed by atoms with van der Waals surface area (Å²) in [4.78, 5) is 14.8. The fourth-order valence-corrected chi connectivity index (χ4v) is 3.23. The predicted octanol–water partition coefficient (Wildman–Crippen LogP) is 3.89. The topological polar surface area (TPSA) is 20.3 Å². The molecule has 1 saturated carbocycles. The van der Waals surface area contributed by atoms with Crippen molar-refractivity contribution in [2.24, 2.45) is 0 Å². The van der Waals surface area contributed by atoms with Crippen LogP contribution in [0.5, 0.6) is 0 Å².